The zero-order chi connectivity index (χ0) is 12.9. The average molecular weight is 240 g/mol. The third kappa shape index (κ3) is 3.44. The molecule has 1 heterocycles. The van der Waals surface area contributed by atoms with Crippen LogP contribution in [0.1, 0.15) is 59.8 Å². The minimum Gasteiger partial charge on any atom is -0.338 e. The number of unbranched alkanes of at least 4 members (excludes halogenated alkanes) is 1. The molecule has 1 fully saturated rings. The van der Waals surface area contributed by atoms with Crippen molar-refractivity contribution >= 4 is 5.91 Å². The van der Waals surface area contributed by atoms with Crippen LogP contribution in [-0.2, 0) is 4.79 Å². The van der Waals surface area contributed by atoms with Gasteiger partial charge in [-0.25, -0.2) is 0 Å². The third-order valence-corrected chi connectivity index (χ3v) is 3.98. The van der Waals surface area contributed by atoms with Crippen molar-refractivity contribution in [3.63, 3.8) is 0 Å². The summed E-state index contributed by atoms with van der Waals surface area (Å²) >= 11 is 0. The zero-order valence-corrected chi connectivity index (χ0v) is 11.9. The Labute approximate surface area is 106 Å². The van der Waals surface area contributed by atoms with Crippen molar-refractivity contribution in [3.05, 3.63) is 0 Å². The van der Waals surface area contributed by atoms with Gasteiger partial charge in [0, 0.05) is 12.6 Å². The highest BCUT2D eigenvalue weighted by molar-refractivity contribution is 5.86. The average Bonchev–Trinajstić information content (AvgIpc) is 2.77. The van der Waals surface area contributed by atoms with E-state index in [0.29, 0.717) is 11.9 Å². The topological polar surface area (TPSA) is 32.3 Å². The summed E-state index contributed by atoms with van der Waals surface area (Å²) in [5, 5.41) is 3.38. The quantitative estimate of drug-likeness (QED) is 0.774. The lowest BCUT2D eigenvalue weighted by molar-refractivity contribution is -0.139. The molecular weight excluding hydrogens is 212 g/mol. The van der Waals surface area contributed by atoms with Crippen LogP contribution in [0.5, 0.6) is 0 Å². The SMILES string of the molecule is CCCCN(C(=O)C1(C)CCCN1)C(C)CC. The van der Waals surface area contributed by atoms with Crippen LogP contribution in [-0.4, -0.2) is 35.5 Å². The number of rotatable bonds is 6. The van der Waals surface area contributed by atoms with E-state index in [2.05, 4.69) is 37.9 Å². The summed E-state index contributed by atoms with van der Waals surface area (Å²) < 4.78 is 0. The van der Waals surface area contributed by atoms with E-state index >= 15 is 0 Å². The second kappa shape index (κ2) is 6.39. The summed E-state index contributed by atoms with van der Waals surface area (Å²) in [4.78, 5) is 14.7. The maximum Gasteiger partial charge on any atom is 0.242 e. The normalized spacial score (nSPS) is 25.9. The lowest BCUT2D eigenvalue weighted by atomic mass is 9.97. The molecule has 17 heavy (non-hydrogen) atoms. The predicted molar refractivity (Wildman–Crippen MR) is 72.0 cm³/mol. The molecule has 1 N–H and O–H groups in total. The first kappa shape index (κ1) is 14.5. The largest absolute Gasteiger partial charge is 0.338 e. The Balaban J connectivity index is 2.70. The van der Waals surface area contributed by atoms with Crippen molar-refractivity contribution in [2.75, 3.05) is 13.1 Å². The molecule has 1 rings (SSSR count). The van der Waals surface area contributed by atoms with Crippen molar-refractivity contribution in [2.45, 2.75) is 71.4 Å². The highest BCUT2D eigenvalue weighted by atomic mass is 16.2. The van der Waals surface area contributed by atoms with E-state index < -0.39 is 0 Å². The maximum absolute atomic E-state index is 12.6. The standard InChI is InChI=1S/C14H28N2O/c1-5-7-11-16(12(3)6-2)13(17)14(4)9-8-10-15-14/h12,15H,5-11H2,1-4H3. The van der Waals surface area contributed by atoms with E-state index in [1.807, 2.05) is 0 Å². The van der Waals surface area contributed by atoms with Crippen LogP contribution >= 0.6 is 0 Å². The van der Waals surface area contributed by atoms with Gasteiger partial charge >= 0.3 is 0 Å². The number of hydrogen-bond acceptors (Lipinski definition) is 2. The minimum atomic E-state index is -0.308. The Morgan fingerprint density at radius 3 is 2.65 bits per heavy atom. The Kier molecular flexibility index (Phi) is 5.44. The number of carbonyl (C=O) groups is 1. The van der Waals surface area contributed by atoms with Gasteiger partial charge in [0.25, 0.3) is 0 Å². The maximum atomic E-state index is 12.6. The van der Waals surface area contributed by atoms with Crippen molar-refractivity contribution in [3.8, 4) is 0 Å². The number of carbonyl (C=O) groups excluding carboxylic acids is 1. The predicted octanol–water partition coefficient (Wildman–Crippen LogP) is 2.56. The van der Waals surface area contributed by atoms with Gasteiger partial charge in [-0.3, -0.25) is 4.79 Å². The highest BCUT2D eigenvalue weighted by Crippen LogP contribution is 2.23. The Morgan fingerprint density at radius 2 is 2.18 bits per heavy atom. The van der Waals surface area contributed by atoms with E-state index in [1.165, 1.54) is 0 Å². The highest BCUT2D eigenvalue weighted by Gasteiger charge is 2.39. The molecule has 0 aliphatic carbocycles. The first-order valence-electron chi connectivity index (χ1n) is 7.11. The van der Waals surface area contributed by atoms with Gasteiger partial charge < -0.3 is 10.2 Å². The van der Waals surface area contributed by atoms with Crippen LogP contribution in [0.4, 0.5) is 0 Å². The van der Waals surface area contributed by atoms with Crippen molar-refractivity contribution < 1.29 is 4.79 Å². The van der Waals surface area contributed by atoms with E-state index in [4.69, 9.17) is 0 Å². The third-order valence-electron chi connectivity index (χ3n) is 3.98. The molecule has 2 atom stereocenters. The first-order chi connectivity index (χ1) is 8.05. The van der Waals surface area contributed by atoms with Gasteiger partial charge in [-0.1, -0.05) is 20.3 Å². The molecule has 1 aliphatic heterocycles. The molecule has 0 aromatic carbocycles. The number of nitrogens with one attached hydrogen (secondary N) is 1. The Bertz CT molecular complexity index is 247. The van der Waals surface area contributed by atoms with Crippen LogP contribution < -0.4 is 5.32 Å². The molecule has 1 saturated heterocycles. The minimum absolute atomic E-state index is 0.304. The number of nitrogens with zero attached hydrogens (tertiary/aromatic N) is 1. The van der Waals surface area contributed by atoms with Gasteiger partial charge in [-0.2, -0.15) is 0 Å². The van der Waals surface area contributed by atoms with Crippen LogP contribution in [0.2, 0.25) is 0 Å². The van der Waals surface area contributed by atoms with Gasteiger partial charge in [0.05, 0.1) is 5.54 Å². The summed E-state index contributed by atoms with van der Waals surface area (Å²) in [6.45, 7) is 10.4. The van der Waals surface area contributed by atoms with Crippen LogP contribution in [0.3, 0.4) is 0 Å². The summed E-state index contributed by atoms with van der Waals surface area (Å²) in [5.41, 5.74) is -0.308. The smallest absolute Gasteiger partial charge is 0.242 e. The second-order valence-electron chi connectivity index (χ2n) is 5.47. The summed E-state index contributed by atoms with van der Waals surface area (Å²) in [6.07, 6.45) is 5.37. The molecule has 0 bridgehead atoms. The number of hydrogen-bond donors (Lipinski definition) is 1. The molecule has 0 aromatic rings. The van der Waals surface area contributed by atoms with Crippen LogP contribution in [0.15, 0.2) is 0 Å². The first-order valence-corrected chi connectivity index (χ1v) is 7.11. The molecule has 1 amide bonds. The van der Waals surface area contributed by atoms with E-state index in [0.717, 1.165) is 45.2 Å². The molecule has 1 aliphatic rings. The summed E-state index contributed by atoms with van der Waals surface area (Å²) in [7, 11) is 0. The van der Waals surface area contributed by atoms with E-state index in [9.17, 15) is 4.79 Å². The number of amides is 1. The Morgan fingerprint density at radius 1 is 1.47 bits per heavy atom. The zero-order valence-electron chi connectivity index (χ0n) is 11.9. The van der Waals surface area contributed by atoms with Gasteiger partial charge in [0.15, 0.2) is 0 Å². The van der Waals surface area contributed by atoms with E-state index in [-0.39, 0.29) is 5.54 Å². The summed E-state index contributed by atoms with van der Waals surface area (Å²) in [6, 6.07) is 0.355. The van der Waals surface area contributed by atoms with Crippen LogP contribution in [0.25, 0.3) is 0 Å². The van der Waals surface area contributed by atoms with Gasteiger partial charge in [0.1, 0.15) is 0 Å². The summed E-state index contributed by atoms with van der Waals surface area (Å²) in [5.74, 6) is 0.304. The lowest BCUT2D eigenvalue weighted by Gasteiger charge is -2.35. The van der Waals surface area contributed by atoms with Crippen molar-refractivity contribution in [2.24, 2.45) is 0 Å². The molecule has 0 saturated carbocycles. The van der Waals surface area contributed by atoms with Crippen LogP contribution in [0, 0.1) is 0 Å². The molecule has 0 aromatic heterocycles. The molecule has 100 valence electrons. The molecule has 2 unspecified atom stereocenters. The fourth-order valence-electron chi connectivity index (χ4n) is 2.47. The van der Waals surface area contributed by atoms with Crippen molar-refractivity contribution in [1.82, 2.24) is 10.2 Å². The van der Waals surface area contributed by atoms with Gasteiger partial charge in [-0.15, -0.1) is 0 Å². The van der Waals surface area contributed by atoms with Gasteiger partial charge in [0.2, 0.25) is 5.91 Å². The second-order valence-corrected chi connectivity index (χ2v) is 5.47. The van der Waals surface area contributed by atoms with E-state index in [1.54, 1.807) is 0 Å². The molecule has 3 heteroatoms. The molecule has 0 spiro atoms. The lowest BCUT2D eigenvalue weighted by Crippen LogP contribution is -2.55. The van der Waals surface area contributed by atoms with Gasteiger partial charge in [-0.05, 0) is 46.1 Å². The molecule has 3 nitrogen and oxygen atoms in total. The molecular formula is C14H28N2O. The Hall–Kier alpha value is -0.570. The fourth-order valence-corrected chi connectivity index (χ4v) is 2.47. The monoisotopic (exact) mass is 240 g/mol. The van der Waals surface area contributed by atoms with Crippen molar-refractivity contribution in [1.29, 1.82) is 0 Å². The molecule has 0 radical (unpaired) electrons. The fraction of sp³-hybridized carbons (Fsp3) is 0.929.